The molecule has 4 rings (SSSR count). The van der Waals surface area contributed by atoms with Gasteiger partial charge in [0.15, 0.2) is 5.69 Å². The monoisotopic (exact) mass is 392 g/mol. The van der Waals surface area contributed by atoms with Crippen molar-refractivity contribution >= 4 is 17.7 Å². The molecule has 0 aliphatic rings. The molecule has 2 heterocycles. The van der Waals surface area contributed by atoms with Crippen LogP contribution in [-0.2, 0) is 6.54 Å². The molecular formula is C19H16N6O2S. The third-order valence-electron chi connectivity index (χ3n) is 4.33. The minimum absolute atomic E-state index is 0.207. The van der Waals surface area contributed by atoms with Crippen LogP contribution in [0.1, 0.15) is 16.1 Å². The van der Waals surface area contributed by atoms with Crippen molar-refractivity contribution in [2.45, 2.75) is 11.6 Å². The van der Waals surface area contributed by atoms with Crippen molar-refractivity contribution in [3.05, 3.63) is 66.1 Å². The van der Waals surface area contributed by atoms with E-state index in [4.69, 9.17) is 0 Å². The number of carboxylic acids is 1. The lowest BCUT2D eigenvalue weighted by Gasteiger charge is -2.09. The summed E-state index contributed by atoms with van der Waals surface area (Å²) in [5, 5.41) is 24.2. The number of hydrogen-bond acceptors (Lipinski definition) is 6. The molecule has 2 aromatic carbocycles. The molecule has 0 fully saturated rings. The van der Waals surface area contributed by atoms with Crippen LogP contribution in [-0.4, -0.2) is 47.5 Å². The van der Waals surface area contributed by atoms with Crippen LogP contribution in [0.4, 0.5) is 0 Å². The van der Waals surface area contributed by atoms with E-state index in [-0.39, 0.29) is 5.69 Å². The molecule has 0 unspecified atom stereocenters. The maximum atomic E-state index is 11.5. The Morgan fingerprint density at radius 2 is 1.89 bits per heavy atom. The Kier molecular flexibility index (Phi) is 4.90. The van der Waals surface area contributed by atoms with Crippen LogP contribution in [0.5, 0.6) is 0 Å². The first-order valence-corrected chi connectivity index (χ1v) is 9.64. The summed E-state index contributed by atoms with van der Waals surface area (Å²) in [7, 11) is 0. The number of imidazole rings is 1. The van der Waals surface area contributed by atoms with Gasteiger partial charge in [-0.1, -0.05) is 48.5 Å². The highest BCUT2D eigenvalue weighted by molar-refractivity contribution is 7.98. The first-order chi connectivity index (χ1) is 13.7. The third kappa shape index (κ3) is 3.39. The van der Waals surface area contributed by atoms with Gasteiger partial charge in [0.2, 0.25) is 5.82 Å². The Morgan fingerprint density at radius 3 is 2.54 bits per heavy atom. The van der Waals surface area contributed by atoms with Gasteiger partial charge in [0.1, 0.15) is 5.03 Å². The zero-order valence-electron chi connectivity index (χ0n) is 14.9. The predicted molar refractivity (Wildman–Crippen MR) is 105 cm³/mol. The van der Waals surface area contributed by atoms with Crippen LogP contribution < -0.4 is 0 Å². The minimum Gasteiger partial charge on any atom is -0.476 e. The maximum Gasteiger partial charge on any atom is 0.355 e. The summed E-state index contributed by atoms with van der Waals surface area (Å²) in [6.07, 6.45) is 3.38. The van der Waals surface area contributed by atoms with E-state index in [0.29, 0.717) is 17.4 Å². The van der Waals surface area contributed by atoms with Gasteiger partial charge in [0.05, 0.1) is 6.33 Å². The number of nitrogens with one attached hydrogen (secondary N) is 1. The molecule has 0 bridgehead atoms. The lowest BCUT2D eigenvalue weighted by molar-refractivity contribution is 0.0681. The van der Waals surface area contributed by atoms with Crippen LogP contribution in [0.2, 0.25) is 0 Å². The van der Waals surface area contributed by atoms with Gasteiger partial charge in [-0.3, -0.25) is 0 Å². The first-order valence-electron chi connectivity index (χ1n) is 8.42. The van der Waals surface area contributed by atoms with Gasteiger partial charge < -0.3 is 9.67 Å². The largest absolute Gasteiger partial charge is 0.476 e. The number of H-pyrrole nitrogens is 1. The molecule has 0 saturated carbocycles. The molecule has 0 aliphatic heterocycles. The van der Waals surface area contributed by atoms with E-state index in [2.05, 4.69) is 25.6 Å². The van der Waals surface area contributed by atoms with Gasteiger partial charge in [-0.25, -0.2) is 9.78 Å². The van der Waals surface area contributed by atoms with Crippen LogP contribution in [0, 0.1) is 0 Å². The van der Waals surface area contributed by atoms with Gasteiger partial charge in [-0.15, -0.1) is 22.0 Å². The zero-order valence-corrected chi connectivity index (χ0v) is 15.7. The Bertz CT molecular complexity index is 1110. The van der Waals surface area contributed by atoms with E-state index < -0.39 is 5.97 Å². The van der Waals surface area contributed by atoms with E-state index in [1.54, 1.807) is 10.9 Å². The average molecular weight is 392 g/mol. The second kappa shape index (κ2) is 7.65. The van der Waals surface area contributed by atoms with Gasteiger partial charge >= 0.3 is 5.97 Å². The highest BCUT2D eigenvalue weighted by Crippen LogP contribution is 2.30. The van der Waals surface area contributed by atoms with Gasteiger partial charge in [0.25, 0.3) is 0 Å². The summed E-state index contributed by atoms with van der Waals surface area (Å²) >= 11 is 1.32. The number of tetrazole rings is 1. The highest BCUT2D eigenvalue weighted by Gasteiger charge is 2.17. The number of thioether (sulfide) groups is 1. The molecule has 4 aromatic rings. The van der Waals surface area contributed by atoms with Gasteiger partial charge in [0, 0.05) is 12.1 Å². The minimum atomic E-state index is -0.979. The topological polar surface area (TPSA) is 110 Å². The van der Waals surface area contributed by atoms with Crippen molar-refractivity contribution in [3.8, 4) is 22.5 Å². The molecule has 0 amide bonds. The molecule has 2 N–H and O–H groups in total. The fraction of sp³-hybridized carbons (Fsp3) is 0.105. The van der Waals surface area contributed by atoms with Crippen molar-refractivity contribution in [2.24, 2.45) is 0 Å². The smallest absolute Gasteiger partial charge is 0.355 e. The maximum absolute atomic E-state index is 11.5. The Labute approximate surface area is 164 Å². The number of nitrogens with zero attached hydrogens (tertiary/aromatic N) is 5. The Balaban J connectivity index is 1.63. The van der Waals surface area contributed by atoms with Gasteiger partial charge in [-0.05, 0) is 28.2 Å². The molecule has 2 aromatic heterocycles. The number of benzene rings is 2. The number of aromatic amines is 1. The molecule has 9 heteroatoms. The number of aromatic carboxylic acids is 1. The zero-order chi connectivity index (χ0) is 19.5. The van der Waals surface area contributed by atoms with Crippen LogP contribution in [0.15, 0.2) is 59.9 Å². The van der Waals surface area contributed by atoms with Crippen LogP contribution in [0.25, 0.3) is 22.5 Å². The third-order valence-corrected chi connectivity index (χ3v) is 5.02. The lowest BCUT2D eigenvalue weighted by atomic mass is 9.98. The second-order valence-corrected chi connectivity index (χ2v) is 6.81. The SMILES string of the molecule is CSc1ncn(Cc2ccc(-c3ccccc3-c3nn[nH]n3)cc2)c1C(=O)O. The fourth-order valence-electron chi connectivity index (χ4n) is 3.04. The average Bonchev–Trinajstić information content (AvgIpc) is 3.38. The standard InChI is InChI=1S/C19H16N6O2S/c1-28-18-16(19(26)27)25(11-20-18)10-12-6-8-13(9-7-12)14-4-2-3-5-15(14)17-21-23-24-22-17/h2-9,11H,10H2,1H3,(H,26,27)(H,21,22,23,24). The number of rotatable bonds is 6. The molecule has 140 valence electrons. The molecule has 0 atom stereocenters. The fourth-order valence-corrected chi connectivity index (χ4v) is 3.59. The highest BCUT2D eigenvalue weighted by atomic mass is 32.2. The van der Waals surface area contributed by atoms with E-state index >= 15 is 0 Å². The molecule has 0 saturated heterocycles. The first kappa shape index (κ1) is 17.9. The normalized spacial score (nSPS) is 10.9. The summed E-state index contributed by atoms with van der Waals surface area (Å²) in [6, 6.07) is 15.8. The Hall–Kier alpha value is -3.46. The molecule has 0 radical (unpaired) electrons. The number of carboxylic acid groups (broad SMARTS) is 1. The number of carbonyl (C=O) groups is 1. The summed E-state index contributed by atoms with van der Waals surface area (Å²) in [4.78, 5) is 15.7. The van der Waals surface area contributed by atoms with E-state index in [9.17, 15) is 9.90 Å². The molecular weight excluding hydrogens is 376 g/mol. The van der Waals surface area contributed by atoms with Crippen LogP contribution in [0.3, 0.4) is 0 Å². The van der Waals surface area contributed by atoms with Crippen molar-refractivity contribution in [1.29, 1.82) is 0 Å². The van der Waals surface area contributed by atoms with E-state index in [1.165, 1.54) is 11.8 Å². The molecule has 8 nitrogen and oxygen atoms in total. The van der Waals surface area contributed by atoms with E-state index in [0.717, 1.165) is 22.3 Å². The van der Waals surface area contributed by atoms with Crippen LogP contribution >= 0.6 is 11.8 Å². The quantitative estimate of drug-likeness (QED) is 0.485. The second-order valence-electron chi connectivity index (χ2n) is 6.01. The predicted octanol–water partition coefficient (Wildman–Crippen LogP) is 3.20. The molecule has 0 aliphatic carbocycles. The van der Waals surface area contributed by atoms with Crippen molar-refractivity contribution < 1.29 is 9.90 Å². The summed E-state index contributed by atoms with van der Waals surface area (Å²) in [6.45, 7) is 0.433. The lowest BCUT2D eigenvalue weighted by Crippen LogP contribution is -2.09. The van der Waals surface area contributed by atoms with E-state index in [1.807, 2.05) is 54.8 Å². The van der Waals surface area contributed by atoms with Crippen molar-refractivity contribution in [3.63, 3.8) is 0 Å². The van der Waals surface area contributed by atoms with Gasteiger partial charge in [-0.2, -0.15) is 5.21 Å². The van der Waals surface area contributed by atoms with Crippen molar-refractivity contribution in [2.75, 3.05) is 6.26 Å². The summed E-state index contributed by atoms with van der Waals surface area (Å²) < 4.78 is 1.65. The number of hydrogen-bond donors (Lipinski definition) is 2. The summed E-state index contributed by atoms with van der Waals surface area (Å²) in [5.74, 6) is -0.443. The number of aromatic nitrogens is 6. The van der Waals surface area contributed by atoms with Crippen molar-refractivity contribution in [1.82, 2.24) is 30.2 Å². The molecule has 28 heavy (non-hydrogen) atoms. The molecule has 0 spiro atoms. The summed E-state index contributed by atoms with van der Waals surface area (Å²) in [5.41, 5.74) is 4.08. The Morgan fingerprint density at radius 1 is 1.14 bits per heavy atom.